The average Bonchev–Trinajstić information content (AvgIpc) is 3.49. The minimum absolute atomic E-state index is 0.188. The summed E-state index contributed by atoms with van der Waals surface area (Å²) in [6, 6.07) is 5.46. The molecule has 2 aliphatic rings. The van der Waals surface area contributed by atoms with Crippen LogP contribution in [0.15, 0.2) is 47.6 Å². The van der Waals surface area contributed by atoms with Crippen LogP contribution in [-0.2, 0) is 10.3 Å². The first-order chi connectivity index (χ1) is 15.3. The number of nitrogens with zero attached hydrogens (tertiary/aromatic N) is 2. The van der Waals surface area contributed by atoms with Crippen LogP contribution in [0.3, 0.4) is 0 Å². The minimum Gasteiger partial charge on any atom is -0.406 e. The Kier molecular flexibility index (Phi) is 6.05. The fraction of sp³-hybridized carbons (Fsp3) is 0.409. The van der Waals surface area contributed by atoms with Gasteiger partial charge in [-0.2, -0.15) is 5.10 Å². The van der Waals surface area contributed by atoms with Gasteiger partial charge in [0.15, 0.2) is 5.82 Å². The van der Waals surface area contributed by atoms with Crippen LogP contribution in [0.2, 0.25) is 0 Å². The SMILES string of the molecule is C=C(/C=N\c1[nH]ncc1C(=O)NC1(c2ccc(OC(F)(F)F)cc2)CCCOC1)C1CC1. The van der Waals surface area contributed by atoms with Gasteiger partial charge in [0.25, 0.3) is 5.91 Å². The van der Waals surface area contributed by atoms with Gasteiger partial charge >= 0.3 is 6.36 Å². The van der Waals surface area contributed by atoms with Crippen molar-refractivity contribution in [2.24, 2.45) is 10.9 Å². The summed E-state index contributed by atoms with van der Waals surface area (Å²) in [5, 5.41) is 9.65. The molecular formula is C22H23F3N4O3. The first-order valence-corrected chi connectivity index (χ1v) is 10.3. The van der Waals surface area contributed by atoms with E-state index in [-0.39, 0.29) is 17.9 Å². The number of hydrogen-bond acceptors (Lipinski definition) is 5. The lowest BCUT2D eigenvalue weighted by Gasteiger charge is -2.38. The van der Waals surface area contributed by atoms with Crippen LogP contribution in [0.5, 0.6) is 5.75 Å². The summed E-state index contributed by atoms with van der Waals surface area (Å²) < 4.78 is 47.0. The molecule has 1 aromatic heterocycles. The molecule has 1 aliphatic heterocycles. The molecule has 10 heteroatoms. The van der Waals surface area contributed by atoms with Crippen LogP contribution >= 0.6 is 0 Å². The zero-order valence-electron chi connectivity index (χ0n) is 17.2. The molecule has 1 aromatic carbocycles. The third kappa shape index (κ3) is 5.18. The van der Waals surface area contributed by atoms with Crippen molar-refractivity contribution in [1.82, 2.24) is 15.5 Å². The quantitative estimate of drug-likeness (QED) is 0.614. The standard InChI is InChI=1S/C22H23F3N4O3/c1-14(15-3-4-15)11-26-19-18(12-27-29-19)20(30)28-21(9-2-10-31-13-21)16-5-7-17(8-6-16)32-22(23,24)25/h5-8,11-12,15H,1-4,9-10,13H2,(H,27,29)(H,28,30)/b26-11-. The number of benzene rings is 1. The summed E-state index contributed by atoms with van der Waals surface area (Å²) in [6.07, 6.45) is 1.68. The number of ether oxygens (including phenoxy) is 2. The molecule has 0 bridgehead atoms. The molecule has 2 heterocycles. The van der Waals surface area contributed by atoms with E-state index in [9.17, 15) is 18.0 Å². The van der Waals surface area contributed by atoms with E-state index in [0.29, 0.717) is 36.7 Å². The Hall–Kier alpha value is -3.14. The molecule has 1 atom stereocenters. The maximum absolute atomic E-state index is 13.1. The van der Waals surface area contributed by atoms with Gasteiger partial charge in [0, 0.05) is 12.8 Å². The Bertz CT molecular complexity index is 1000. The summed E-state index contributed by atoms with van der Waals surface area (Å²) in [7, 11) is 0. The molecule has 1 saturated heterocycles. The highest BCUT2D eigenvalue weighted by Gasteiger charge is 2.38. The van der Waals surface area contributed by atoms with Crippen molar-refractivity contribution in [3.8, 4) is 5.75 Å². The Labute approximate surface area is 182 Å². The van der Waals surface area contributed by atoms with Crippen LogP contribution in [0, 0.1) is 5.92 Å². The molecule has 1 unspecified atom stereocenters. The zero-order valence-corrected chi connectivity index (χ0v) is 17.2. The fourth-order valence-electron chi connectivity index (χ4n) is 3.70. The first-order valence-electron chi connectivity index (χ1n) is 10.3. The Morgan fingerprint density at radius 1 is 1.34 bits per heavy atom. The monoisotopic (exact) mass is 448 g/mol. The molecule has 2 aromatic rings. The third-order valence-electron chi connectivity index (χ3n) is 5.56. The number of carbonyl (C=O) groups is 1. The van der Waals surface area contributed by atoms with Crippen molar-refractivity contribution < 1.29 is 27.4 Å². The smallest absolute Gasteiger partial charge is 0.406 e. The van der Waals surface area contributed by atoms with Crippen molar-refractivity contribution in [3.05, 3.63) is 53.7 Å². The van der Waals surface area contributed by atoms with Crippen LogP contribution in [0.1, 0.15) is 41.6 Å². The number of hydrogen-bond donors (Lipinski definition) is 2. The molecule has 1 aliphatic carbocycles. The fourth-order valence-corrected chi connectivity index (χ4v) is 3.70. The molecule has 1 saturated carbocycles. The number of allylic oxidation sites excluding steroid dienone is 1. The predicted octanol–water partition coefficient (Wildman–Crippen LogP) is 4.41. The van der Waals surface area contributed by atoms with Gasteiger partial charge in [0.2, 0.25) is 0 Å². The van der Waals surface area contributed by atoms with Gasteiger partial charge in [-0.15, -0.1) is 13.2 Å². The number of H-pyrrole nitrogens is 1. The highest BCUT2D eigenvalue weighted by Crippen LogP contribution is 2.35. The van der Waals surface area contributed by atoms with Crippen LogP contribution < -0.4 is 10.1 Å². The molecule has 32 heavy (non-hydrogen) atoms. The molecule has 0 spiro atoms. The number of alkyl halides is 3. The number of aliphatic imine (C=N–C) groups is 1. The van der Waals surface area contributed by atoms with Crippen molar-refractivity contribution in [2.45, 2.75) is 37.6 Å². The van der Waals surface area contributed by atoms with Gasteiger partial charge in [-0.1, -0.05) is 18.7 Å². The van der Waals surface area contributed by atoms with Crippen molar-refractivity contribution in [1.29, 1.82) is 0 Å². The highest BCUT2D eigenvalue weighted by molar-refractivity contribution is 5.99. The topological polar surface area (TPSA) is 88.6 Å². The van der Waals surface area contributed by atoms with Gasteiger partial charge in [0.05, 0.1) is 18.3 Å². The van der Waals surface area contributed by atoms with Gasteiger partial charge < -0.3 is 14.8 Å². The summed E-state index contributed by atoms with van der Waals surface area (Å²) >= 11 is 0. The second-order valence-electron chi connectivity index (χ2n) is 8.00. The number of carbonyl (C=O) groups excluding carboxylic acids is 1. The lowest BCUT2D eigenvalue weighted by Crippen LogP contribution is -2.51. The average molecular weight is 448 g/mol. The molecule has 1 amide bonds. The Balaban J connectivity index is 1.54. The molecule has 2 N–H and O–H groups in total. The molecule has 2 fully saturated rings. The van der Waals surface area contributed by atoms with E-state index >= 15 is 0 Å². The number of halogens is 3. The lowest BCUT2D eigenvalue weighted by molar-refractivity contribution is -0.274. The van der Waals surface area contributed by atoms with E-state index in [1.807, 2.05) is 0 Å². The van der Waals surface area contributed by atoms with E-state index < -0.39 is 17.8 Å². The second-order valence-corrected chi connectivity index (χ2v) is 8.00. The number of aromatic nitrogens is 2. The Morgan fingerprint density at radius 2 is 2.09 bits per heavy atom. The van der Waals surface area contributed by atoms with Crippen LogP contribution in [0.25, 0.3) is 0 Å². The van der Waals surface area contributed by atoms with Gasteiger partial charge in [-0.3, -0.25) is 9.89 Å². The molecule has 4 rings (SSSR count). The van der Waals surface area contributed by atoms with E-state index in [1.165, 1.54) is 30.5 Å². The third-order valence-corrected chi connectivity index (χ3v) is 5.56. The zero-order chi connectivity index (χ0) is 22.8. The predicted molar refractivity (Wildman–Crippen MR) is 111 cm³/mol. The number of rotatable bonds is 7. The summed E-state index contributed by atoms with van der Waals surface area (Å²) in [5.74, 6) is 0.0156. The molecule has 170 valence electrons. The van der Waals surface area contributed by atoms with Gasteiger partial charge in [-0.25, -0.2) is 4.99 Å². The summed E-state index contributed by atoms with van der Waals surface area (Å²) in [6.45, 7) is 4.71. The highest BCUT2D eigenvalue weighted by atomic mass is 19.4. The maximum atomic E-state index is 13.1. The van der Waals surface area contributed by atoms with Crippen LogP contribution in [0.4, 0.5) is 19.0 Å². The number of nitrogens with one attached hydrogen (secondary N) is 2. The van der Waals surface area contributed by atoms with Crippen LogP contribution in [-0.4, -0.2) is 41.9 Å². The first kappa shape index (κ1) is 22.1. The van der Waals surface area contributed by atoms with Gasteiger partial charge in [-0.05, 0) is 54.9 Å². The normalized spacial score (nSPS) is 21.5. The largest absolute Gasteiger partial charge is 0.573 e. The molecule has 0 radical (unpaired) electrons. The molecule has 7 nitrogen and oxygen atoms in total. The minimum atomic E-state index is -4.77. The van der Waals surface area contributed by atoms with Gasteiger partial charge in [0.1, 0.15) is 11.3 Å². The number of aromatic amines is 1. The van der Waals surface area contributed by atoms with Crippen molar-refractivity contribution >= 4 is 17.9 Å². The number of amides is 1. The second kappa shape index (κ2) is 8.78. The molecular weight excluding hydrogens is 425 g/mol. The summed E-state index contributed by atoms with van der Waals surface area (Å²) in [5.41, 5.74) is 0.883. The lowest BCUT2D eigenvalue weighted by atomic mass is 9.84. The van der Waals surface area contributed by atoms with E-state index in [1.54, 1.807) is 6.21 Å². The van der Waals surface area contributed by atoms with E-state index in [0.717, 1.165) is 18.4 Å². The van der Waals surface area contributed by atoms with E-state index in [2.05, 4.69) is 31.8 Å². The van der Waals surface area contributed by atoms with Crippen molar-refractivity contribution in [2.75, 3.05) is 13.2 Å². The van der Waals surface area contributed by atoms with Crippen molar-refractivity contribution in [3.63, 3.8) is 0 Å². The maximum Gasteiger partial charge on any atom is 0.573 e. The van der Waals surface area contributed by atoms with E-state index in [4.69, 9.17) is 4.74 Å². The summed E-state index contributed by atoms with van der Waals surface area (Å²) in [4.78, 5) is 17.4. The Morgan fingerprint density at radius 3 is 2.72 bits per heavy atom.